The summed E-state index contributed by atoms with van der Waals surface area (Å²) in [5, 5.41) is 16.0. The number of aryl methyl sites for hydroxylation is 2. The molecule has 0 aliphatic carbocycles. The van der Waals surface area contributed by atoms with Gasteiger partial charge in [0.2, 0.25) is 5.91 Å². The third kappa shape index (κ3) is 6.00. The highest BCUT2D eigenvalue weighted by Crippen LogP contribution is 2.34. The second kappa shape index (κ2) is 11.8. The Morgan fingerprint density at radius 3 is 2.48 bits per heavy atom. The predicted octanol–water partition coefficient (Wildman–Crippen LogP) is 4.80. The Morgan fingerprint density at radius 1 is 1.05 bits per heavy atom. The number of hydroxylamine groups is 1. The zero-order valence-corrected chi connectivity index (χ0v) is 24.6. The first-order valence-corrected chi connectivity index (χ1v) is 14.4. The molecule has 3 atom stereocenters. The molecule has 3 aromatic carbocycles. The second-order valence-electron chi connectivity index (χ2n) is 11.3. The molecule has 0 spiro atoms. The van der Waals surface area contributed by atoms with Crippen LogP contribution in [0.4, 0.5) is 17.4 Å². The maximum absolute atomic E-state index is 12.9. The highest BCUT2D eigenvalue weighted by atomic mass is 16.7. The summed E-state index contributed by atoms with van der Waals surface area (Å²) in [5.41, 5.74) is 9.45. The first kappa shape index (κ1) is 28.9. The summed E-state index contributed by atoms with van der Waals surface area (Å²) in [6, 6.07) is 19.0. The van der Waals surface area contributed by atoms with Crippen molar-refractivity contribution in [1.29, 1.82) is 0 Å². The van der Waals surface area contributed by atoms with E-state index in [0.29, 0.717) is 28.5 Å². The zero-order valence-electron chi connectivity index (χ0n) is 24.6. The minimum Gasteiger partial charge on any atom is -0.481 e. The molecule has 11 nitrogen and oxygen atoms in total. The van der Waals surface area contributed by atoms with Crippen molar-refractivity contribution in [3.63, 3.8) is 0 Å². The molecule has 3 heterocycles. The van der Waals surface area contributed by atoms with Crippen LogP contribution in [0.1, 0.15) is 35.1 Å². The number of anilines is 3. The normalized spacial score (nSPS) is 19.5. The van der Waals surface area contributed by atoms with Gasteiger partial charge in [-0.25, -0.2) is 0 Å². The molecule has 226 valence electrons. The Kier molecular flexibility index (Phi) is 7.79. The van der Waals surface area contributed by atoms with Gasteiger partial charge < -0.3 is 25.1 Å². The smallest absolute Gasteiger partial charge is 0.308 e. The van der Waals surface area contributed by atoms with Gasteiger partial charge in [-0.3, -0.25) is 24.7 Å². The summed E-state index contributed by atoms with van der Waals surface area (Å²) < 4.78 is 5.93. The van der Waals surface area contributed by atoms with Gasteiger partial charge in [0.25, 0.3) is 11.9 Å². The number of benzene rings is 3. The molecule has 1 saturated heterocycles. The second-order valence-corrected chi connectivity index (χ2v) is 11.3. The number of para-hydroxylation sites is 1. The van der Waals surface area contributed by atoms with Gasteiger partial charge >= 0.3 is 5.97 Å². The molecule has 4 N–H and O–H groups in total. The predicted molar refractivity (Wildman–Crippen MR) is 164 cm³/mol. The quantitative estimate of drug-likeness (QED) is 0.226. The molecule has 2 amide bonds. The Bertz CT molecular complexity index is 1760. The lowest BCUT2D eigenvalue weighted by Crippen LogP contribution is -2.34. The van der Waals surface area contributed by atoms with Crippen LogP contribution in [0.5, 0.6) is 0 Å². The van der Waals surface area contributed by atoms with Crippen molar-refractivity contribution in [2.24, 2.45) is 5.92 Å². The molecule has 0 saturated carbocycles. The van der Waals surface area contributed by atoms with Gasteiger partial charge in [-0.1, -0.05) is 36.4 Å². The largest absolute Gasteiger partial charge is 0.481 e. The average Bonchev–Trinajstić information content (AvgIpc) is 3.73. The molecular formula is C33H33N5O6. The number of rotatable bonds is 8. The molecule has 4 aromatic rings. The summed E-state index contributed by atoms with van der Waals surface area (Å²) in [6.45, 7) is 6.20. The van der Waals surface area contributed by atoms with Crippen LogP contribution in [-0.2, 0) is 25.6 Å². The van der Waals surface area contributed by atoms with Crippen LogP contribution in [0.3, 0.4) is 0 Å². The van der Waals surface area contributed by atoms with Gasteiger partial charge in [-0.2, -0.15) is 4.98 Å². The number of hydrogen-bond acceptors (Lipinski definition) is 8. The minimum atomic E-state index is -0.961. The number of aromatic nitrogens is 1. The number of likely N-dealkylation sites (tertiary alicyclic amines) is 1. The van der Waals surface area contributed by atoms with Crippen molar-refractivity contribution in [2.45, 2.75) is 39.2 Å². The van der Waals surface area contributed by atoms with Gasteiger partial charge in [0.15, 0.2) is 5.58 Å². The molecule has 11 heteroatoms. The number of fused-ring (bicyclic) bond motifs is 1. The number of carbonyl (C=O) groups is 3. The van der Waals surface area contributed by atoms with Gasteiger partial charge in [-0.15, -0.1) is 0 Å². The summed E-state index contributed by atoms with van der Waals surface area (Å²) in [7, 11) is 0. The minimum absolute atomic E-state index is 0.101. The van der Waals surface area contributed by atoms with Crippen LogP contribution >= 0.6 is 0 Å². The van der Waals surface area contributed by atoms with E-state index in [-0.39, 0.29) is 43.3 Å². The topological polar surface area (TPSA) is 146 Å². The van der Waals surface area contributed by atoms with Crippen LogP contribution in [0, 0.1) is 19.8 Å². The zero-order chi connectivity index (χ0) is 31.0. The molecule has 1 fully saturated rings. The first-order chi connectivity index (χ1) is 21.1. The number of carboxylic acid groups (broad SMARTS) is 1. The van der Waals surface area contributed by atoms with Crippen LogP contribution in [0.15, 0.2) is 76.9 Å². The van der Waals surface area contributed by atoms with Crippen LogP contribution in [-0.4, -0.2) is 52.0 Å². The van der Waals surface area contributed by atoms with Crippen molar-refractivity contribution in [3.8, 4) is 0 Å². The van der Waals surface area contributed by atoms with Crippen LogP contribution < -0.4 is 16.1 Å². The average molecular weight is 596 g/mol. The Balaban J connectivity index is 1.09. The molecule has 1 aromatic heterocycles. The molecule has 6 rings (SSSR count). The van der Waals surface area contributed by atoms with Gasteiger partial charge in [0.05, 0.1) is 12.3 Å². The van der Waals surface area contributed by atoms with Gasteiger partial charge in [0, 0.05) is 30.4 Å². The van der Waals surface area contributed by atoms with E-state index in [9.17, 15) is 19.5 Å². The van der Waals surface area contributed by atoms with Gasteiger partial charge in [-0.05, 0) is 73.4 Å². The molecule has 3 unspecified atom stereocenters. The lowest BCUT2D eigenvalue weighted by atomic mass is 9.89. The van der Waals surface area contributed by atoms with Crippen molar-refractivity contribution >= 4 is 46.3 Å². The number of hydrogen-bond donors (Lipinski definition) is 4. The number of carboxylic acids is 1. The molecule has 2 aliphatic rings. The number of carbonyl (C=O) groups excluding carboxylic acids is 2. The molecular weight excluding hydrogens is 562 g/mol. The number of oxazole rings is 1. The number of nitrogens with one attached hydrogen (secondary N) is 3. The van der Waals surface area contributed by atoms with Crippen molar-refractivity contribution in [3.05, 3.63) is 94.7 Å². The highest BCUT2D eigenvalue weighted by molar-refractivity contribution is 5.94. The Morgan fingerprint density at radius 2 is 1.80 bits per heavy atom. The Hall–Kier alpha value is -5.16. The summed E-state index contributed by atoms with van der Waals surface area (Å²) in [5.74, 6) is -2.59. The van der Waals surface area contributed by atoms with E-state index in [1.54, 1.807) is 37.3 Å². The fraction of sp³-hybridized carbons (Fsp3) is 0.273. The summed E-state index contributed by atoms with van der Waals surface area (Å²) >= 11 is 0. The van der Waals surface area contributed by atoms with E-state index in [4.69, 9.17) is 9.25 Å². The van der Waals surface area contributed by atoms with E-state index in [1.807, 2.05) is 50.2 Å². The summed E-state index contributed by atoms with van der Waals surface area (Å²) in [6.07, 6.45) is 1.57. The number of nitrogens with zero attached hydrogens (tertiary/aromatic N) is 2. The summed E-state index contributed by atoms with van der Waals surface area (Å²) in [4.78, 5) is 49.1. The highest BCUT2D eigenvalue weighted by Gasteiger charge is 2.41. The first-order valence-electron chi connectivity index (χ1n) is 14.4. The lowest BCUT2D eigenvalue weighted by Gasteiger charge is -2.17. The molecule has 2 aliphatic heterocycles. The SMILES string of the molecule is Cc1cccc(C)c1Nc1nc2ccc(CC(=O)Nc3ccc(C4CN(C(=O)C5=CC(C)ON5)CC4C(=O)O)cc3)cc2o1. The van der Waals surface area contributed by atoms with E-state index in [2.05, 4.69) is 21.1 Å². The van der Waals surface area contributed by atoms with E-state index in [0.717, 1.165) is 27.9 Å². The van der Waals surface area contributed by atoms with E-state index >= 15 is 0 Å². The fourth-order valence-corrected chi connectivity index (χ4v) is 5.76. The third-order valence-electron chi connectivity index (χ3n) is 8.06. The third-order valence-corrected chi connectivity index (χ3v) is 8.06. The lowest BCUT2D eigenvalue weighted by molar-refractivity contribution is -0.141. The molecule has 0 radical (unpaired) electrons. The van der Waals surface area contributed by atoms with Crippen LogP contribution in [0.25, 0.3) is 11.1 Å². The van der Waals surface area contributed by atoms with Crippen molar-refractivity contribution in [2.75, 3.05) is 23.7 Å². The monoisotopic (exact) mass is 595 g/mol. The maximum atomic E-state index is 12.9. The van der Waals surface area contributed by atoms with E-state index in [1.165, 1.54) is 4.90 Å². The van der Waals surface area contributed by atoms with Crippen LogP contribution in [0.2, 0.25) is 0 Å². The number of amides is 2. The fourth-order valence-electron chi connectivity index (χ4n) is 5.76. The van der Waals surface area contributed by atoms with E-state index < -0.39 is 11.9 Å². The van der Waals surface area contributed by atoms with Gasteiger partial charge in [0.1, 0.15) is 17.3 Å². The molecule has 0 bridgehead atoms. The number of aliphatic carboxylic acids is 1. The van der Waals surface area contributed by atoms with Crippen molar-refractivity contribution < 1.29 is 28.7 Å². The van der Waals surface area contributed by atoms with Crippen molar-refractivity contribution in [1.82, 2.24) is 15.4 Å². The molecule has 44 heavy (non-hydrogen) atoms. The maximum Gasteiger partial charge on any atom is 0.308 e. The Labute approximate surface area is 253 Å². The standard InChI is InChI=1S/C33H33N5O6/c1-18-5-4-6-19(2)30(18)36-33-35-26-12-7-21(14-28(26)43-33)15-29(39)34-23-10-8-22(9-11-23)24-16-38(17-25(24)32(41)42)31(40)27-13-20(3)44-37-27/h4-14,20,24-25,37H,15-17H2,1-3H3,(H,34,39)(H,35,36)(H,41,42).